The molecule has 0 saturated carbocycles. The average molecular weight is 315 g/mol. The topological polar surface area (TPSA) is 55.4 Å². The van der Waals surface area contributed by atoms with Crippen molar-refractivity contribution in [3.63, 3.8) is 0 Å². The fourth-order valence-corrected chi connectivity index (χ4v) is 4.07. The van der Waals surface area contributed by atoms with E-state index in [0.717, 1.165) is 40.6 Å². The molecule has 6 nitrogen and oxygen atoms in total. The van der Waals surface area contributed by atoms with Crippen molar-refractivity contribution in [2.75, 3.05) is 13.1 Å². The van der Waals surface area contributed by atoms with Gasteiger partial charge in [-0.2, -0.15) is 5.10 Å². The number of aryl methyl sites for hydroxylation is 2. The Morgan fingerprint density at radius 1 is 1.41 bits per heavy atom. The minimum absolute atomic E-state index is 0.111. The molecule has 4 rings (SSSR count). The maximum Gasteiger partial charge on any atom is 0.265 e. The molecule has 0 spiro atoms. The molecule has 0 aromatic carbocycles. The highest BCUT2D eigenvalue weighted by Gasteiger charge is 2.30. The monoisotopic (exact) mass is 315 g/mol. The van der Waals surface area contributed by atoms with Crippen LogP contribution in [0.2, 0.25) is 0 Å². The van der Waals surface area contributed by atoms with E-state index in [2.05, 4.69) is 10.1 Å². The predicted octanol–water partition coefficient (Wildman–Crippen LogP) is 2.30. The van der Waals surface area contributed by atoms with Crippen LogP contribution < -0.4 is 0 Å². The number of carbonyl (C=O) groups is 1. The highest BCUT2D eigenvalue weighted by molar-refractivity contribution is 7.19. The van der Waals surface area contributed by atoms with Gasteiger partial charge in [0.25, 0.3) is 5.91 Å². The van der Waals surface area contributed by atoms with E-state index in [-0.39, 0.29) is 11.9 Å². The Balaban J connectivity index is 1.56. The predicted molar refractivity (Wildman–Crippen MR) is 84.3 cm³/mol. The van der Waals surface area contributed by atoms with Gasteiger partial charge in [0.05, 0.1) is 12.2 Å². The normalized spacial score (nSPS) is 18.5. The zero-order valence-electron chi connectivity index (χ0n) is 12.6. The molecule has 0 aliphatic carbocycles. The van der Waals surface area contributed by atoms with E-state index in [1.165, 1.54) is 11.3 Å². The van der Waals surface area contributed by atoms with Crippen LogP contribution >= 0.6 is 11.3 Å². The Bertz CT molecular complexity index is 845. The van der Waals surface area contributed by atoms with Gasteiger partial charge in [0, 0.05) is 37.4 Å². The van der Waals surface area contributed by atoms with Crippen LogP contribution in [0.4, 0.5) is 0 Å². The lowest BCUT2D eigenvalue weighted by Crippen LogP contribution is -2.29. The van der Waals surface area contributed by atoms with Crippen LogP contribution in [-0.4, -0.2) is 43.1 Å². The van der Waals surface area contributed by atoms with Crippen LogP contribution in [-0.2, 0) is 0 Å². The molecule has 1 amide bonds. The molecule has 3 aromatic rings. The molecule has 3 aromatic heterocycles. The molecule has 4 heterocycles. The maximum absolute atomic E-state index is 12.8. The van der Waals surface area contributed by atoms with Gasteiger partial charge in [0.15, 0.2) is 4.96 Å². The number of nitrogens with zero attached hydrogens (tertiary/aromatic N) is 5. The van der Waals surface area contributed by atoms with Crippen LogP contribution in [0.1, 0.15) is 33.4 Å². The van der Waals surface area contributed by atoms with Crippen LogP contribution in [0.15, 0.2) is 24.8 Å². The first-order chi connectivity index (χ1) is 10.6. The number of aromatic nitrogens is 4. The first kappa shape index (κ1) is 13.5. The van der Waals surface area contributed by atoms with Crippen LogP contribution in [0.3, 0.4) is 0 Å². The summed E-state index contributed by atoms with van der Waals surface area (Å²) in [6, 6.07) is 0.280. The Morgan fingerprint density at radius 2 is 2.27 bits per heavy atom. The van der Waals surface area contributed by atoms with Gasteiger partial charge in [-0.3, -0.25) is 13.9 Å². The summed E-state index contributed by atoms with van der Waals surface area (Å²) < 4.78 is 3.96. The van der Waals surface area contributed by atoms with Crippen LogP contribution in [0.25, 0.3) is 4.96 Å². The summed E-state index contributed by atoms with van der Waals surface area (Å²) in [7, 11) is 0. The van der Waals surface area contributed by atoms with E-state index in [1.807, 2.05) is 46.4 Å². The van der Waals surface area contributed by atoms with Crippen LogP contribution in [0.5, 0.6) is 0 Å². The van der Waals surface area contributed by atoms with Crippen molar-refractivity contribution < 1.29 is 4.79 Å². The fourth-order valence-electron chi connectivity index (χ4n) is 3.01. The first-order valence-electron chi connectivity index (χ1n) is 7.36. The van der Waals surface area contributed by atoms with Crippen molar-refractivity contribution in [2.24, 2.45) is 0 Å². The minimum Gasteiger partial charge on any atom is -0.336 e. The second kappa shape index (κ2) is 4.95. The van der Waals surface area contributed by atoms with Crippen molar-refractivity contribution in [1.29, 1.82) is 0 Å². The maximum atomic E-state index is 12.8. The molecule has 1 unspecified atom stereocenters. The highest BCUT2D eigenvalue weighted by Crippen LogP contribution is 2.27. The van der Waals surface area contributed by atoms with Gasteiger partial charge in [-0.05, 0) is 25.8 Å². The van der Waals surface area contributed by atoms with E-state index in [9.17, 15) is 4.79 Å². The van der Waals surface area contributed by atoms with Gasteiger partial charge >= 0.3 is 0 Å². The number of hydrogen-bond donors (Lipinski definition) is 0. The van der Waals surface area contributed by atoms with Crippen LogP contribution in [0, 0.1) is 13.8 Å². The Labute approximate surface area is 132 Å². The average Bonchev–Trinajstić information content (AvgIpc) is 3.23. The van der Waals surface area contributed by atoms with Gasteiger partial charge in [-0.1, -0.05) is 11.3 Å². The number of thiazole rings is 1. The minimum atomic E-state index is 0.111. The van der Waals surface area contributed by atoms with Gasteiger partial charge in [-0.15, -0.1) is 0 Å². The molecule has 0 N–H and O–H groups in total. The molecule has 7 heteroatoms. The summed E-state index contributed by atoms with van der Waals surface area (Å²) in [5.41, 5.74) is 2.13. The molecule has 1 atom stereocenters. The number of imidazole rings is 1. The second-order valence-corrected chi connectivity index (χ2v) is 6.77. The van der Waals surface area contributed by atoms with Crippen molar-refractivity contribution >= 4 is 22.2 Å². The standard InChI is InChI=1S/C15H17N5OS/c1-10-7-17-20(8-10)12-3-5-18(9-12)14(21)13-11(2)19-6-4-16-15(19)22-13/h4,6-8,12H,3,5,9H2,1-2H3. The summed E-state index contributed by atoms with van der Waals surface area (Å²) >= 11 is 1.46. The summed E-state index contributed by atoms with van der Waals surface area (Å²) in [5, 5.41) is 4.38. The first-order valence-corrected chi connectivity index (χ1v) is 8.17. The third-order valence-corrected chi connectivity index (χ3v) is 5.40. The molecule has 1 saturated heterocycles. The van der Waals surface area contributed by atoms with E-state index < -0.39 is 0 Å². The molecular weight excluding hydrogens is 298 g/mol. The Kier molecular flexibility index (Phi) is 3.04. The lowest BCUT2D eigenvalue weighted by molar-refractivity contribution is 0.0790. The molecule has 22 heavy (non-hydrogen) atoms. The zero-order valence-corrected chi connectivity index (χ0v) is 13.4. The van der Waals surface area contributed by atoms with E-state index in [0.29, 0.717) is 0 Å². The molecule has 0 bridgehead atoms. The number of rotatable bonds is 2. The van der Waals surface area contributed by atoms with Crippen molar-refractivity contribution in [3.05, 3.63) is 40.9 Å². The third-order valence-electron chi connectivity index (χ3n) is 4.24. The third kappa shape index (κ3) is 2.04. The number of amides is 1. The van der Waals surface area contributed by atoms with Gasteiger partial charge in [-0.25, -0.2) is 4.98 Å². The summed E-state index contributed by atoms with van der Waals surface area (Å²) in [6.45, 7) is 5.51. The molecule has 0 radical (unpaired) electrons. The lowest BCUT2D eigenvalue weighted by Gasteiger charge is -2.16. The summed E-state index contributed by atoms with van der Waals surface area (Å²) in [6.07, 6.45) is 8.52. The summed E-state index contributed by atoms with van der Waals surface area (Å²) in [4.78, 5) is 20.7. The van der Waals surface area contributed by atoms with Crippen molar-refractivity contribution in [3.8, 4) is 0 Å². The second-order valence-electron chi connectivity index (χ2n) is 5.79. The van der Waals surface area contributed by atoms with Crippen molar-refractivity contribution in [1.82, 2.24) is 24.1 Å². The van der Waals surface area contributed by atoms with Crippen molar-refractivity contribution in [2.45, 2.75) is 26.3 Å². The molecule has 1 fully saturated rings. The van der Waals surface area contributed by atoms with Gasteiger partial charge in [0.1, 0.15) is 4.88 Å². The van der Waals surface area contributed by atoms with E-state index >= 15 is 0 Å². The largest absolute Gasteiger partial charge is 0.336 e. The quantitative estimate of drug-likeness (QED) is 0.729. The molecular formula is C15H17N5OS. The fraction of sp³-hybridized carbons (Fsp3) is 0.400. The molecule has 1 aliphatic heterocycles. The number of carbonyl (C=O) groups excluding carboxylic acids is 1. The zero-order chi connectivity index (χ0) is 15.3. The van der Waals surface area contributed by atoms with Gasteiger partial charge in [0.2, 0.25) is 0 Å². The summed E-state index contributed by atoms with van der Waals surface area (Å²) in [5.74, 6) is 0.111. The highest BCUT2D eigenvalue weighted by atomic mass is 32.1. The lowest BCUT2D eigenvalue weighted by atomic mass is 10.3. The van der Waals surface area contributed by atoms with E-state index in [4.69, 9.17) is 0 Å². The van der Waals surface area contributed by atoms with E-state index in [1.54, 1.807) is 6.20 Å². The molecule has 1 aliphatic rings. The SMILES string of the molecule is Cc1cnn(C2CCN(C(=O)c3sc4nccn4c3C)C2)c1. The number of hydrogen-bond acceptors (Lipinski definition) is 4. The smallest absolute Gasteiger partial charge is 0.265 e. The number of fused-ring (bicyclic) bond motifs is 1. The molecule has 114 valence electrons. The Hall–Kier alpha value is -2.15. The van der Waals surface area contributed by atoms with Gasteiger partial charge < -0.3 is 4.90 Å². The number of likely N-dealkylation sites (tertiary alicyclic amines) is 1. The Morgan fingerprint density at radius 3 is 3.00 bits per heavy atom.